The van der Waals surface area contributed by atoms with Gasteiger partial charge in [0.2, 0.25) is 0 Å². The molecule has 2 saturated carbocycles. The molecule has 0 spiro atoms. The highest BCUT2D eigenvalue weighted by molar-refractivity contribution is 6.36. The van der Waals surface area contributed by atoms with Crippen molar-refractivity contribution in [2.24, 2.45) is 0 Å². The molecule has 0 aliphatic heterocycles. The van der Waals surface area contributed by atoms with Crippen molar-refractivity contribution in [1.29, 1.82) is 0 Å². The van der Waals surface area contributed by atoms with Crippen molar-refractivity contribution in [2.45, 2.75) is 76.0 Å². The van der Waals surface area contributed by atoms with Gasteiger partial charge in [0.1, 0.15) is 11.2 Å². The molecule has 462 valence electrons. The minimum Gasteiger partial charge on any atom is -0.454 e. The van der Waals surface area contributed by atoms with Crippen LogP contribution in [0.15, 0.2) is 289 Å². The van der Waals surface area contributed by atoms with Crippen molar-refractivity contribution in [3.05, 3.63) is 296 Å². The van der Waals surface area contributed by atoms with Crippen molar-refractivity contribution in [3.63, 3.8) is 0 Å². The van der Waals surface area contributed by atoms with Crippen molar-refractivity contribution in [2.75, 3.05) is 9.80 Å². The van der Waals surface area contributed by atoms with Gasteiger partial charge >= 0.3 is 0 Å². The number of nitrogens with zero attached hydrogens (tertiary/aromatic N) is 3. The number of benzene rings is 12. The van der Waals surface area contributed by atoms with Crippen LogP contribution in [0.25, 0.3) is 132 Å². The Kier molecular flexibility index (Phi) is 13.3. The van der Waals surface area contributed by atoms with E-state index in [4.69, 9.17) is 15.4 Å². The van der Waals surface area contributed by atoms with Crippen LogP contribution in [-0.4, -0.2) is 9.38 Å². The molecule has 6 nitrogen and oxygen atoms in total. The van der Waals surface area contributed by atoms with Crippen LogP contribution in [0.3, 0.4) is 0 Å². The van der Waals surface area contributed by atoms with Crippen LogP contribution in [0.1, 0.15) is 92.7 Å². The molecule has 2 fully saturated rings. The summed E-state index contributed by atoms with van der Waals surface area (Å²) in [5.41, 5.74) is 24.5. The molecule has 1 N–H and O–H groups in total. The minimum absolute atomic E-state index is 0.495. The van der Waals surface area contributed by atoms with E-state index in [2.05, 4.69) is 281 Å². The number of furan rings is 2. The normalized spacial score (nSPS) is 14.5. The maximum absolute atomic E-state index is 7.24. The summed E-state index contributed by atoms with van der Waals surface area (Å²) in [6.07, 6.45) is 16.7. The molecule has 0 saturated heterocycles. The Balaban J connectivity index is 0.820. The van der Waals surface area contributed by atoms with Crippen molar-refractivity contribution in [3.8, 4) is 22.3 Å². The molecule has 5 heterocycles. The van der Waals surface area contributed by atoms with Gasteiger partial charge in [-0.1, -0.05) is 252 Å². The molecule has 12 aromatic carbocycles. The van der Waals surface area contributed by atoms with E-state index in [0.29, 0.717) is 11.8 Å². The lowest BCUT2D eigenvalue weighted by Crippen LogP contribution is -2.14. The Labute approximate surface area is 557 Å². The number of para-hydroxylation sites is 8. The monoisotopic (exact) mass is 1240 g/mol. The van der Waals surface area contributed by atoms with Gasteiger partial charge in [-0.15, -0.1) is 0 Å². The number of allylic oxidation sites excluding steroid dienone is 3. The predicted octanol–water partition coefficient (Wildman–Crippen LogP) is 26.1. The first-order chi connectivity index (χ1) is 47.6. The zero-order chi connectivity index (χ0) is 63.5. The second-order valence-electron chi connectivity index (χ2n) is 26.8. The molecule has 0 atom stereocenters. The van der Waals surface area contributed by atoms with E-state index in [1.165, 1.54) is 124 Å². The molecular weight excluding hydrogens is 1170 g/mol. The molecule has 5 aromatic heterocycles. The molecular formula is C90H70N4O2. The van der Waals surface area contributed by atoms with Crippen LogP contribution in [0.5, 0.6) is 0 Å². The highest BCUT2D eigenvalue weighted by Gasteiger charge is 2.31. The SMILES string of the molecule is C=C/C(=C\C(=C)N(c1ccccc1)c1cccc2c1oc1c(C3CCCCC3)cccc12)c1cccc2c1[nH]c1c(-c3ccccc3)c3c4cccc5c6cc(N(c7ccccc7)c7cccc8c7oc7c(C9CCCCC9)cccc78)ccc6n(c3c(-c3ccccc3)c12)c54. The standard InChI is InChI=1S/C90H70N4O2/c1-3-57(54-56(2)92(62-36-18-8-19-37-62)77-50-26-46-71-69-44-23-41-66(87(69)95-89(71)77)58-28-10-4-11-29-58)65-40-22-48-73-81-80(61-34-16-7-17-35-61)86-82(79(84(81)91-83(65)73)60-32-14-6-15-33-60)74-49-25-43-68-75-55-64(52-53-76(75)94(86)85(68)74)93(63-38-20-9-21-39-63)78-51-27-47-72-70-45-24-42-67(88(70)96-90(72)78)59-30-12-5-13-31-59/h3,6-9,14-27,32-55,58-59,91H,1-2,4-5,10-13,28-31H2/b57-54+. The van der Waals surface area contributed by atoms with Crippen LogP contribution in [0, 0.1) is 0 Å². The number of H-pyrrole nitrogens is 1. The van der Waals surface area contributed by atoms with E-state index in [0.717, 1.165) is 122 Å². The van der Waals surface area contributed by atoms with Gasteiger partial charge in [-0.05, 0) is 126 Å². The summed E-state index contributed by atoms with van der Waals surface area (Å²) in [6.45, 7) is 9.49. The number of aromatic nitrogens is 2. The Bertz CT molecular complexity index is 5950. The van der Waals surface area contributed by atoms with Gasteiger partial charge < -0.3 is 28.0 Å². The quantitative estimate of drug-likeness (QED) is 0.117. The van der Waals surface area contributed by atoms with Crippen LogP contribution in [-0.2, 0) is 0 Å². The molecule has 0 unspecified atom stereocenters. The molecule has 96 heavy (non-hydrogen) atoms. The number of anilines is 5. The summed E-state index contributed by atoms with van der Waals surface area (Å²) in [5, 5.41) is 11.7. The van der Waals surface area contributed by atoms with Gasteiger partial charge in [0.15, 0.2) is 11.2 Å². The number of fused-ring (bicyclic) bond motifs is 15. The lowest BCUT2D eigenvalue weighted by atomic mass is 9.83. The third-order valence-corrected chi connectivity index (χ3v) is 21.5. The van der Waals surface area contributed by atoms with Crippen LogP contribution in [0.2, 0.25) is 0 Å². The molecule has 0 amide bonds. The molecule has 0 radical (unpaired) electrons. The maximum atomic E-state index is 7.24. The lowest BCUT2D eigenvalue weighted by Gasteiger charge is -2.26. The largest absolute Gasteiger partial charge is 0.454 e. The molecule has 2 aliphatic rings. The number of nitrogens with one attached hydrogen (secondary N) is 1. The van der Waals surface area contributed by atoms with E-state index in [1.54, 1.807) is 0 Å². The first-order valence-electron chi connectivity index (χ1n) is 34.5. The number of aromatic amines is 1. The van der Waals surface area contributed by atoms with E-state index in [1.807, 2.05) is 6.08 Å². The average Bonchev–Trinajstić information content (AvgIpc) is 1.51. The van der Waals surface area contributed by atoms with Crippen molar-refractivity contribution >= 4 is 138 Å². The fraction of sp³-hybridized carbons (Fsp3) is 0.133. The second-order valence-corrected chi connectivity index (χ2v) is 26.8. The Morgan fingerprint density at radius 2 is 0.927 bits per heavy atom. The Morgan fingerprint density at radius 3 is 1.55 bits per heavy atom. The average molecular weight is 1240 g/mol. The first-order valence-corrected chi connectivity index (χ1v) is 34.5. The van der Waals surface area contributed by atoms with Crippen LogP contribution in [0.4, 0.5) is 28.4 Å². The van der Waals surface area contributed by atoms with Crippen molar-refractivity contribution < 1.29 is 8.83 Å². The zero-order valence-corrected chi connectivity index (χ0v) is 53.6. The van der Waals surface area contributed by atoms with E-state index in [9.17, 15) is 0 Å². The number of hydrogen-bond donors (Lipinski definition) is 1. The van der Waals surface area contributed by atoms with Gasteiger partial charge in [-0.25, -0.2) is 0 Å². The second kappa shape index (κ2) is 22.7. The molecule has 19 rings (SSSR count). The van der Waals surface area contributed by atoms with Gasteiger partial charge in [0.25, 0.3) is 0 Å². The third-order valence-electron chi connectivity index (χ3n) is 21.5. The van der Waals surface area contributed by atoms with Crippen LogP contribution < -0.4 is 9.80 Å². The summed E-state index contributed by atoms with van der Waals surface area (Å²) in [5.74, 6) is 1.00. The number of hydrogen-bond acceptors (Lipinski definition) is 4. The first kappa shape index (κ1) is 56.2. The van der Waals surface area contributed by atoms with Crippen molar-refractivity contribution in [1.82, 2.24) is 9.38 Å². The van der Waals surface area contributed by atoms with E-state index >= 15 is 0 Å². The highest BCUT2D eigenvalue weighted by atomic mass is 16.3. The summed E-state index contributed by atoms with van der Waals surface area (Å²) in [6, 6.07) is 91.0. The molecule has 2 aliphatic carbocycles. The van der Waals surface area contributed by atoms with Gasteiger partial charge in [-0.3, -0.25) is 0 Å². The van der Waals surface area contributed by atoms with Gasteiger partial charge in [0.05, 0.1) is 39.0 Å². The Morgan fingerprint density at radius 1 is 0.417 bits per heavy atom. The predicted molar refractivity (Wildman–Crippen MR) is 405 cm³/mol. The van der Waals surface area contributed by atoms with Crippen LogP contribution >= 0.6 is 0 Å². The van der Waals surface area contributed by atoms with Gasteiger partial charge in [-0.2, -0.15) is 0 Å². The van der Waals surface area contributed by atoms with E-state index in [-0.39, 0.29) is 0 Å². The Hall–Kier alpha value is -11.3. The summed E-state index contributed by atoms with van der Waals surface area (Å²) in [7, 11) is 0. The maximum Gasteiger partial charge on any atom is 0.159 e. The zero-order valence-electron chi connectivity index (χ0n) is 53.6. The minimum atomic E-state index is 0.495. The smallest absolute Gasteiger partial charge is 0.159 e. The fourth-order valence-corrected chi connectivity index (χ4v) is 17.3. The highest BCUT2D eigenvalue weighted by Crippen LogP contribution is 2.54. The summed E-state index contributed by atoms with van der Waals surface area (Å²) in [4.78, 5) is 8.87. The number of rotatable bonds is 13. The lowest BCUT2D eigenvalue weighted by molar-refractivity contribution is 0.442. The molecule has 0 bridgehead atoms. The fourth-order valence-electron chi connectivity index (χ4n) is 17.3. The summed E-state index contributed by atoms with van der Waals surface area (Å²) < 4.78 is 17.0. The summed E-state index contributed by atoms with van der Waals surface area (Å²) >= 11 is 0. The molecule has 6 heteroatoms. The third kappa shape index (κ3) is 8.70. The topological polar surface area (TPSA) is 53.0 Å². The van der Waals surface area contributed by atoms with Gasteiger partial charge in [0, 0.05) is 93.3 Å². The molecule has 17 aromatic rings. The van der Waals surface area contributed by atoms with E-state index < -0.39 is 0 Å².